The maximum atomic E-state index is 12.7. The SMILES string of the molecule is Cc1cc(C(=O)NC(C)c2ccccc2Cl)cc(S(=O)(=O)N(C)C)c1C. The zero-order valence-corrected chi connectivity index (χ0v) is 17.1. The van der Waals surface area contributed by atoms with Crippen LogP contribution in [0.5, 0.6) is 0 Å². The van der Waals surface area contributed by atoms with Crippen molar-refractivity contribution in [2.45, 2.75) is 31.7 Å². The minimum atomic E-state index is -3.64. The van der Waals surface area contributed by atoms with Crippen molar-refractivity contribution < 1.29 is 13.2 Å². The fraction of sp³-hybridized carbons (Fsp3) is 0.316. The fourth-order valence-electron chi connectivity index (χ4n) is 2.61. The Balaban J connectivity index is 2.38. The Hall–Kier alpha value is -1.89. The smallest absolute Gasteiger partial charge is 0.251 e. The lowest BCUT2D eigenvalue weighted by molar-refractivity contribution is 0.0939. The van der Waals surface area contributed by atoms with Crippen molar-refractivity contribution in [1.29, 1.82) is 0 Å². The lowest BCUT2D eigenvalue weighted by atomic mass is 10.0. The number of aryl methyl sites for hydroxylation is 1. The second kappa shape index (κ2) is 7.78. The largest absolute Gasteiger partial charge is 0.345 e. The highest BCUT2D eigenvalue weighted by Crippen LogP contribution is 2.25. The van der Waals surface area contributed by atoms with Gasteiger partial charge in [-0.3, -0.25) is 4.79 Å². The monoisotopic (exact) mass is 394 g/mol. The van der Waals surface area contributed by atoms with E-state index < -0.39 is 10.0 Å². The van der Waals surface area contributed by atoms with Gasteiger partial charge < -0.3 is 5.32 Å². The molecule has 0 aromatic heterocycles. The molecule has 1 amide bonds. The van der Waals surface area contributed by atoms with E-state index in [2.05, 4.69) is 5.32 Å². The van der Waals surface area contributed by atoms with Crippen molar-refractivity contribution in [1.82, 2.24) is 9.62 Å². The minimum absolute atomic E-state index is 0.137. The molecule has 0 fully saturated rings. The summed E-state index contributed by atoms with van der Waals surface area (Å²) in [5.41, 5.74) is 2.47. The van der Waals surface area contributed by atoms with Crippen LogP contribution in [0, 0.1) is 13.8 Å². The summed E-state index contributed by atoms with van der Waals surface area (Å²) in [5, 5.41) is 3.44. The predicted octanol–water partition coefficient (Wildman–Crippen LogP) is 3.70. The molecule has 0 aliphatic heterocycles. The summed E-state index contributed by atoms with van der Waals surface area (Å²) in [6.07, 6.45) is 0. The number of nitrogens with zero attached hydrogens (tertiary/aromatic N) is 1. The van der Waals surface area contributed by atoms with Gasteiger partial charge in [0.1, 0.15) is 0 Å². The number of amides is 1. The molecule has 5 nitrogen and oxygen atoms in total. The van der Waals surface area contributed by atoms with E-state index in [4.69, 9.17) is 11.6 Å². The Kier molecular flexibility index (Phi) is 6.11. The zero-order chi connectivity index (χ0) is 19.6. The highest BCUT2D eigenvalue weighted by Gasteiger charge is 2.23. The highest BCUT2D eigenvalue weighted by molar-refractivity contribution is 7.89. The molecule has 2 aromatic rings. The molecule has 2 aromatic carbocycles. The molecule has 0 aliphatic rings. The van der Waals surface area contributed by atoms with Gasteiger partial charge in [-0.25, -0.2) is 12.7 Å². The van der Waals surface area contributed by atoms with Crippen LogP contribution in [0.1, 0.15) is 40.0 Å². The normalized spacial score (nSPS) is 12.9. The van der Waals surface area contributed by atoms with Gasteiger partial charge in [-0.05, 0) is 55.7 Å². The quantitative estimate of drug-likeness (QED) is 0.840. The van der Waals surface area contributed by atoms with Gasteiger partial charge in [0, 0.05) is 24.7 Å². The first-order valence-electron chi connectivity index (χ1n) is 8.14. The van der Waals surface area contributed by atoms with Gasteiger partial charge in [0.25, 0.3) is 5.91 Å². The van der Waals surface area contributed by atoms with E-state index in [9.17, 15) is 13.2 Å². The molecule has 140 valence electrons. The van der Waals surface area contributed by atoms with Gasteiger partial charge in [-0.1, -0.05) is 29.8 Å². The Bertz CT molecular complexity index is 940. The van der Waals surface area contributed by atoms with Gasteiger partial charge in [-0.15, -0.1) is 0 Å². The molecular weight excluding hydrogens is 372 g/mol. The summed E-state index contributed by atoms with van der Waals surface area (Å²) in [4.78, 5) is 12.8. The molecule has 0 bridgehead atoms. The van der Waals surface area contributed by atoms with Crippen LogP contribution in [0.4, 0.5) is 0 Å². The molecule has 7 heteroatoms. The molecule has 0 saturated heterocycles. The number of benzene rings is 2. The third kappa shape index (κ3) is 4.09. The summed E-state index contributed by atoms with van der Waals surface area (Å²) in [6, 6.07) is 10.1. The van der Waals surface area contributed by atoms with Gasteiger partial charge in [0.15, 0.2) is 0 Å². The first-order valence-corrected chi connectivity index (χ1v) is 9.96. The topological polar surface area (TPSA) is 66.5 Å². The Morgan fingerprint density at radius 1 is 1.15 bits per heavy atom. The maximum Gasteiger partial charge on any atom is 0.251 e. The first-order chi connectivity index (χ1) is 12.1. The number of sulfonamides is 1. The molecule has 0 spiro atoms. The molecule has 0 radical (unpaired) electrons. The Morgan fingerprint density at radius 3 is 2.35 bits per heavy atom. The average Bonchev–Trinajstić information content (AvgIpc) is 2.56. The van der Waals surface area contributed by atoms with Crippen LogP contribution < -0.4 is 5.32 Å². The van der Waals surface area contributed by atoms with E-state index in [0.29, 0.717) is 16.1 Å². The van der Waals surface area contributed by atoms with Gasteiger partial charge in [0.05, 0.1) is 10.9 Å². The number of carbonyl (C=O) groups excluding carboxylic acids is 1. The molecule has 1 N–H and O–H groups in total. The van der Waals surface area contributed by atoms with Gasteiger partial charge in [0.2, 0.25) is 10.0 Å². The molecular formula is C19H23ClN2O3S. The zero-order valence-electron chi connectivity index (χ0n) is 15.5. The van der Waals surface area contributed by atoms with Crippen LogP contribution >= 0.6 is 11.6 Å². The molecule has 0 heterocycles. The van der Waals surface area contributed by atoms with Crippen molar-refractivity contribution >= 4 is 27.5 Å². The lowest BCUT2D eigenvalue weighted by Crippen LogP contribution is -2.28. The van der Waals surface area contributed by atoms with Crippen LogP contribution in [0.25, 0.3) is 0 Å². The molecule has 0 saturated carbocycles. The Labute approximate surface area is 160 Å². The number of hydrogen-bond acceptors (Lipinski definition) is 3. The third-order valence-corrected chi connectivity index (χ3v) is 6.65. The van der Waals surface area contributed by atoms with E-state index >= 15 is 0 Å². The van der Waals surface area contributed by atoms with E-state index in [1.54, 1.807) is 26.0 Å². The molecule has 1 atom stereocenters. The Morgan fingerprint density at radius 2 is 1.77 bits per heavy atom. The number of halogens is 1. The predicted molar refractivity (Wildman–Crippen MR) is 104 cm³/mol. The van der Waals surface area contributed by atoms with E-state index in [1.165, 1.54) is 20.2 Å². The second-order valence-corrected chi connectivity index (χ2v) is 8.95. The molecule has 26 heavy (non-hydrogen) atoms. The summed E-state index contributed by atoms with van der Waals surface area (Å²) in [5.74, 6) is -0.351. The van der Waals surface area contributed by atoms with Crippen molar-refractivity contribution in [3.63, 3.8) is 0 Å². The van der Waals surface area contributed by atoms with Crippen molar-refractivity contribution in [2.75, 3.05) is 14.1 Å². The van der Waals surface area contributed by atoms with Gasteiger partial charge >= 0.3 is 0 Å². The molecule has 0 aliphatic carbocycles. The van der Waals surface area contributed by atoms with E-state index in [0.717, 1.165) is 15.4 Å². The summed E-state index contributed by atoms with van der Waals surface area (Å²) in [6.45, 7) is 5.36. The standard InChI is InChI=1S/C19H23ClN2O3S/c1-12-10-15(11-18(13(12)2)26(24,25)22(4)5)19(23)21-14(3)16-8-6-7-9-17(16)20/h6-11,14H,1-5H3,(H,21,23). The van der Waals surface area contributed by atoms with Crippen LogP contribution in [0.2, 0.25) is 5.02 Å². The summed E-state index contributed by atoms with van der Waals surface area (Å²) in [7, 11) is -0.704. The second-order valence-electron chi connectivity index (χ2n) is 6.42. The van der Waals surface area contributed by atoms with Crippen LogP contribution in [0.3, 0.4) is 0 Å². The minimum Gasteiger partial charge on any atom is -0.345 e. The van der Waals surface area contributed by atoms with E-state index in [-0.39, 0.29) is 16.8 Å². The number of hydrogen-bond donors (Lipinski definition) is 1. The van der Waals surface area contributed by atoms with Gasteiger partial charge in [-0.2, -0.15) is 0 Å². The summed E-state index contributed by atoms with van der Waals surface area (Å²) < 4.78 is 26.2. The maximum absolute atomic E-state index is 12.7. The average molecular weight is 395 g/mol. The molecule has 2 rings (SSSR count). The summed E-state index contributed by atoms with van der Waals surface area (Å²) >= 11 is 6.18. The molecule has 1 unspecified atom stereocenters. The number of carbonyl (C=O) groups is 1. The third-order valence-electron chi connectivity index (χ3n) is 4.36. The lowest BCUT2D eigenvalue weighted by Gasteiger charge is -2.18. The highest BCUT2D eigenvalue weighted by atomic mass is 35.5. The fourth-order valence-corrected chi connectivity index (χ4v) is 4.12. The first kappa shape index (κ1) is 20.4. The van der Waals surface area contributed by atoms with Crippen LogP contribution in [-0.4, -0.2) is 32.7 Å². The van der Waals surface area contributed by atoms with Crippen molar-refractivity contribution in [3.05, 3.63) is 63.7 Å². The number of nitrogens with one attached hydrogen (secondary N) is 1. The van der Waals surface area contributed by atoms with Crippen LogP contribution in [0.15, 0.2) is 41.3 Å². The van der Waals surface area contributed by atoms with Crippen LogP contribution in [-0.2, 0) is 10.0 Å². The van der Waals surface area contributed by atoms with E-state index in [1.807, 2.05) is 25.1 Å². The van der Waals surface area contributed by atoms with Crippen molar-refractivity contribution in [2.24, 2.45) is 0 Å². The number of rotatable bonds is 5. The van der Waals surface area contributed by atoms with Crippen molar-refractivity contribution in [3.8, 4) is 0 Å².